The van der Waals surface area contributed by atoms with Gasteiger partial charge in [0.15, 0.2) is 5.85 Å². The number of hydrogen-bond donors (Lipinski definition) is 1. The molecule has 2 heteroatoms. The fraction of sp³-hybridized carbons (Fsp3) is 0.250. The summed E-state index contributed by atoms with van der Waals surface area (Å²) in [6, 6.07) is 31.9. The lowest BCUT2D eigenvalue weighted by atomic mass is 10.2. The maximum Gasteiger partial charge on any atom is 0.178 e. The lowest BCUT2D eigenvalue weighted by molar-refractivity contribution is 0.242. The van der Waals surface area contributed by atoms with E-state index in [4.69, 9.17) is 0 Å². The second kappa shape index (κ2) is 9.12. The second-order valence-corrected chi connectivity index (χ2v) is 10.3. The standard InChI is InChI=1S/C24H28OP/c1-2-3-7-20-24(25)26(21-14-8-4-9-15-21,22-16-10-5-11-17-22)23-18-12-6-13-19-23/h4-6,8-19,24-25H,2-3,7,20H2,1H3/q+1. The number of unbranched alkanes of at least 4 members (excludes halogenated alkanes) is 2. The Bertz CT molecular complexity index is 674. The van der Waals surface area contributed by atoms with Crippen LogP contribution in [0, 0.1) is 0 Å². The molecule has 1 nitrogen and oxygen atoms in total. The van der Waals surface area contributed by atoms with Crippen LogP contribution in [0.15, 0.2) is 91.0 Å². The monoisotopic (exact) mass is 363 g/mol. The van der Waals surface area contributed by atoms with Crippen LogP contribution in [0.1, 0.15) is 32.6 Å². The van der Waals surface area contributed by atoms with E-state index in [-0.39, 0.29) is 5.85 Å². The molecule has 0 bridgehead atoms. The zero-order valence-corrected chi connectivity index (χ0v) is 16.4. The van der Waals surface area contributed by atoms with Crippen LogP contribution in [0.25, 0.3) is 0 Å². The molecule has 0 amide bonds. The first-order valence-electron chi connectivity index (χ1n) is 9.53. The molecule has 1 unspecified atom stereocenters. The van der Waals surface area contributed by atoms with Crippen LogP contribution in [0.3, 0.4) is 0 Å². The van der Waals surface area contributed by atoms with Crippen molar-refractivity contribution in [1.29, 1.82) is 0 Å². The third-order valence-electron chi connectivity index (χ3n) is 5.00. The van der Waals surface area contributed by atoms with Gasteiger partial charge >= 0.3 is 0 Å². The SMILES string of the molecule is CCCCCC(O)[P+](c1ccccc1)(c1ccccc1)c1ccccc1. The Balaban J connectivity index is 2.21. The third kappa shape index (κ3) is 3.75. The van der Waals surface area contributed by atoms with E-state index in [0.29, 0.717) is 0 Å². The van der Waals surface area contributed by atoms with Crippen LogP contribution >= 0.6 is 7.26 Å². The van der Waals surface area contributed by atoms with Gasteiger partial charge in [0.1, 0.15) is 23.2 Å². The lowest BCUT2D eigenvalue weighted by Crippen LogP contribution is -2.38. The highest BCUT2D eigenvalue weighted by molar-refractivity contribution is 7.96. The Morgan fingerprint density at radius 2 is 1.04 bits per heavy atom. The van der Waals surface area contributed by atoms with Gasteiger partial charge in [0.2, 0.25) is 0 Å². The zero-order chi connectivity index (χ0) is 18.2. The van der Waals surface area contributed by atoms with E-state index in [9.17, 15) is 5.11 Å². The highest BCUT2D eigenvalue weighted by atomic mass is 31.2. The molecule has 0 aliphatic heterocycles. The Morgan fingerprint density at radius 3 is 1.38 bits per heavy atom. The fourth-order valence-corrected chi connectivity index (χ4v) is 8.15. The maximum atomic E-state index is 11.6. The number of aliphatic hydroxyl groups is 1. The van der Waals surface area contributed by atoms with Crippen LogP contribution in [0.4, 0.5) is 0 Å². The van der Waals surface area contributed by atoms with Crippen molar-refractivity contribution in [3.63, 3.8) is 0 Å². The first-order valence-corrected chi connectivity index (χ1v) is 11.4. The summed E-state index contributed by atoms with van der Waals surface area (Å²) in [6.45, 7) is 2.21. The summed E-state index contributed by atoms with van der Waals surface area (Å²) in [6.07, 6.45) is 4.22. The molecular formula is C24H28OP+. The summed E-state index contributed by atoms with van der Waals surface area (Å²) in [7, 11) is -2.13. The minimum Gasteiger partial charge on any atom is -0.358 e. The van der Waals surface area contributed by atoms with E-state index < -0.39 is 7.26 Å². The van der Waals surface area contributed by atoms with Gasteiger partial charge in [-0.05, 0) is 42.8 Å². The van der Waals surface area contributed by atoms with Gasteiger partial charge in [0.25, 0.3) is 0 Å². The molecule has 0 saturated heterocycles. The normalized spacial score (nSPS) is 12.7. The van der Waals surface area contributed by atoms with Crippen molar-refractivity contribution in [3.8, 4) is 0 Å². The van der Waals surface area contributed by atoms with Crippen molar-refractivity contribution >= 4 is 23.2 Å². The molecule has 0 aliphatic rings. The molecule has 0 heterocycles. The smallest absolute Gasteiger partial charge is 0.178 e. The molecule has 0 radical (unpaired) electrons. The van der Waals surface area contributed by atoms with Gasteiger partial charge in [-0.2, -0.15) is 0 Å². The van der Waals surface area contributed by atoms with Gasteiger partial charge < -0.3 is 5.11 Å². The van der Waals surface area contributed by atoms with Gasteiger partial charge in [-0.3, -0.25) is 0 Å². The van der Waals surface area contributed by atoms with Gasteiger partial charge in [-0.25, -0.2) is 0 Å². The number of aliphatic hydroxyl groups excluding tert-OH is 1. The molecular weight excluding hydrogens is 335 g/mol. The predicted octanol–water partition coefficient (Wildman–Crippen LogP) is 4.88. The Kier molecular flexibility index (Phi) is 6.61. The number of rotatable bonds is 8. The minimum atomic E-state index is -2.13. The molecule has 0 spiro atoms. The molecule has 0 aliphatic carbocycles. The van der Waals surface area contributed by atoms with Gasteiger partial charge in [-0.15, -0.1) is 0 Å². The largest absolute Gasteiger partial charge is 0.358 e. The quantitative estimate of drug-likeness (QED) is 0.447. The van der Waals surface area contributed by atoms with Crippen LogP contribution in [-0.2, 0) is 0 Å². The molecule has 26 heavy (non-hydrogen) atoms. The van der Waals surface area contributed by atoms with Crippen LogP contribution in [-0.4, -0.2) is 11.0 Å². The Morgan fingerprint density at radius 1 is 0.654 bits per heavy atom. The summed E-state index contributed by atoms with van der Waals surface area (Å²) >= 11 is 0. The molecule has 0 saturated carbocycles. The van der Waals surface area contributed by atoms with Gasteiger partial charge in [0, 0.05) is 6.42 Å². The molecule has 1 atom stereocenters. The first-order chi connectivity index (χ1) is 12.8. The van der Waals surface area contributed by atoms with E-state index in [1.807, 2.05) is 0 Å². The topological polar surface area (TPSA) is 20.2 Å². The number of benzene rings is 3. The second-order valence-electron chi connectivity index (χ2n) is 6.71. The van der Waals surface area contributed by atoms with Crippen LogP contribution < -0.4 is 15.9 Å². The van der Waals surface area contributed by atoms with Crippen molar-refractivity contribution in [1.82, 2.24) is 0 Å². The van der Waals surface area contributed by atoms with Crippen molar-refractivity contribution in [2.75, 3.05) is 0 Å². The van der Waals surface area contributed by atoms with E-state index in [1.54, 1.807) is 0 Å². The van der Waals surface area contributed by atoms with Crippen molar-refractivity contribution in [2.24, 2.45) is 0 Å². The molecule has 134 valence electrons. The first kappa shape index (κ1) is 18.8. The van der Waals surface area contributed by atoms with Crippen molar-refractivity contribution in [3.05, 3.63) is 91.0 Å². The van der Waals surface area contributed by atoms with Crippen molar-refractivity contribution < 1.29 is 5.11 Å². The van der Waals surface area contributed by atoms with Gasteiger partial charge in [-0.1, -0.05) is 74.4 Å². The molecule has 3 aromatic carbocycles. The van der Waals surface area contributed by atoms with Gasteiger partial charge in [0.05, 0.1) is 0 Å². The summed E-state index contributed by atoms with van der Waals surface area (Å²) in [5.41, 5.74) is 0. The molecule has 3 aromatic rings. The maximum absolute atomic E-state index is 11.6. The predicted molar refractivity (Wildman–Crippen MR) is 115 cm³/mol. The minimum absolute atomic E-state index is 0.374. The molecule has 1 N–H and O–H groups in total. The molecule has 0 aromatic heterocycles. The fourth-order valence-electron chi connectivity index (χ4n) is 3.72. The summed E-state index contributed by atoms with van der Waals surface area (Å²) in [5, 5.41) is 15.3. The van der Waals surface area contributed by atoms with E-state index in [2.05, 4.69) is 97.9 Å². The highest BCUT2D eigenvalue weighted by Gasteiger charge is 2.51. The van der Waals surface area contributed by atoms with E-state index in [0.717, 1.165) is 19.3 Å². The number of hydrogen-bond acceptors (Lipinski definition) is 1. The molecule has 3 rings (SSSR count). The summed E-state index contributed by atoms with van der Waals surface area (Å²) in [4.78, 5) is 0. The highest BCUT2D eigenvalue weighted by Crippen LogP contribution is 2.60. The Hall–Kier alpha value is -1.95. The third-order valence-corrected chi connectivity index (χ3v) is 9.49. The average Bonchev–Trinajstić information content (AvgIpc) is 2.71. The van der Waals surface area contributed by atoms with E-state index >= 15 is 0 Å². The zero-order valence-electron chi connectivity index (χ0n) is 15.5. The van der Waals surface area contributed by atoms with Crippen LogP contribution in [0.2, 0.25) is 0 Å². The summed E-state index contributed by atoms with van der Waals surface area (Å²) in [5.74, 6) is -0.374. The Labute approximate surface area is 158 Å². The molecule has 0 fully saturated rings. The van der Waals surface area contributed by atoms with Crippen LogP contribution in [0.5, 0.6) is 0 Å². The van der Waals surface area contributed by atoms with Crippen molar-refractivity contribution in [2.45, 2.75) is 38.5 Å². The average molecular weight is 363 g/mol. The summed E-state index contributed by atoms with van der Waals surface area (Å²) < 4.78 is 0. The lowest BCUT2D eigenvalue weighted by Gasteiger charge is -2.31. The van der Waals surface area contributed by atoms with E-state index in [1.165, 1.54) is 22.3 Å².